The number of carbonyl (C=O) groups is 1. The second kappa shape index (κ2) is 6.00. The van der Waals surface area contributed by atoms with Gasteiger partial charge in [-0.15, -0.1) is 11.3 Å². The van der Waals surface area contributed by atoms with E-state index in [1.54, 1.807) is 0 Å². The van der Waals surface area contributed by atoms with Gasteiger partial charge in [-0.05, 0) is 67.1 Å². The third-order valence-corrected chi connectivity index (χ3v) is 5.18. The van der Waals surface area contributed by atoms with E-state index in [1.165, 1.54) is 42.8 Å². The minimum atomic E-state index is -0.354. The van der Waals surface area contributed by atoms with Crippen LogP contribution in [0.25, 0.3) is 11.1 Å². The zero-order valence-electron chi connectivity index (χ0n) is 12.2. The average molecular weight is 300 g/mol. The van der Waals surface area contributed by atoms with Crippen LogP contribution in [-0.4, -0.2) is 23.9 Å². The summed E-state index contributed by atoms with van der Waals surface area (Å²) >= 11 is 1.41. The molecule has 2 N–H and O–H groups in total. The van der Waals surface area contributed by atoms with Crippen LogP contribution < -0.4 is 5.73 Å². The van der Waals surface area contributed by atoms with Crippen molar-refractivity contribution < 1.29 is 4.79 Å². The minimum absolute atomic E-state index is 0.354. The first kappa shape index (κ1) is 14.3. The van der Waals surface area contributed by atoms with Crippen LogP contribution in [0.5, 0.6) is 0 Å². The third kappa shape index (κ3) is 3.01. The molecule has 0 bridgehead atoms. The summed E-state index contributed by atoms with van der Waals surface area (Å²) in [5.41, 5.74) is 8.89. The number of hydrogen-bond donors (Lipinski definition) is 1. The maximum Gasteiger partial charge on any atom is 0.258 e. The summed E-state index contributed by atoms with van der Waals surface area (Å²) in [6, 6.07) is 10.9. The monoisotopic (exact) mass is 300 g/mol. The minimum Gasteiger partial charge on any atom is -0.365 e. The Labute approximate surface area is 129 Å². The second-order valence-corrected chi connectivity index (χ2v) is 6.52. The largest absolute Gasteiger partial charge is 0.365 e. The van der Waals surface area contributed by atoms with E-state index < -0.39 is 0 Å². The van der Waals surface area contributed by atoms with Crippen LogP contribution in [0.2, 0.25) is 0 Å². The molecule has 2 aromatic rings. The summed E-state index contributed by atoms with van der Waals surface area (Å²) < 4.78 is 0. The molecule has 3 rings (SSSR count). The van der Waals surface area contributed by atoms with E-state index in [1.807, 2.05) is 11.4 Å². The van der Waals surface area contributed by atoms with Gasteiger partial charge in [-0.1, -0.05) is 18.2 Å². The normalized spacial score (nSPS) is 17.0. The van der Waals surface area contributed by atoms with Crippen molar-refractivity contribution in [3.05, 3.63) is 46.2 Å². The molecule has 0 aliphatic carbocycles. The summed E-state index contributed by atoms with van der Waals surface area (Å²) in [4.78, 5) is 14.4. The zero-order chi connectivity index (χ0) is 14.8. The average Bonchev–Trinajstić information content (AvgIpc) is 3.18. The first-order valence-electron chi connectivity index (χ1n) is 7.38. The summed E-state index contributed by atoms with van der Waals surface area (Å²) in [5, 5.41) is 2.00. The number of likely N-dealkylation sites (tertiary alicyclic amines) is 1. The van der Waals surface area contributed by atoms with Crippen molar-refractivity contribution in [2.75, 3.05) is 13.1 Å². The lowest BCUT2D eigenvalue weighted by molar-refractivity contribution is 0.100. The highest BCUT2D eigenvalue weighted by Crippen LogP contribution is 2.30. The predicted molar refractivity (Wildman–Crippen MR) is 87.5 cm³/mol. The Hall–Kier alpha value is -1.65. The number of hydrogen-bond acceptors (Lipinski definition) is 3. The van der Waals surface area contributed by atoms with E-state index in [4.69, 9.17) is 5.73 Å². The Balaban J connectivity index is 1.86. The van der Waals surface area contributed by atoms with Gasteiger partial charge in [0.2, 0.25) is 0 Å². The van der Waals surface area contributed by atoms with Gasteiger partial charge < -0.3 is 5.73 Å². The highest BCUT2D eigenvalue weighted by atomic mass is 32.1. The van der Waals surface area contributed by atoms with Crippen LogP contribution in [0.4, 0.5) is 0 Å². The quantitative estimate of drug-likeness (QED) is 0.936. The first-order chi connectivity index (χ1) is 10.1. The van der Waals surface area contributed by atoms with E-state index in [-0.39, 0.29) is 5.91 Å². The summed E-state index contributed by atoms with van der Waals surface area (Å²) in [7, 11) is 0. The maximum atomic E-state index is 11.2. The number of benzene rings is 1. The fraction of sp³-hybridized carbons (Fsp3) is 0.353. The molecule has 1 aliphatic heterocycles. The van der Waals surface area contributed by atoms with Gasteiger partial charge in [0.15, 0.2) is 0 Å². The highest BCUT2D eigenvalue weighted by molar-refractivity contribution is 7.12. The lowest BCUT2D eigenvalue weighted by Gasteiger charge is -2.24. The predicted octanol–water partition coefficient (Wildman–Crippen LogP) is 3.67. The number of thiophene rings is 1. The molecule has 1 aromatic heterocycles. The molecule has 1 aliphatic rings. The standard InChI is InChI=1S/C17H20N2OS/c1-12(19-7-2-3-8-19)13-5-4-6-14(9-13)15-10-16(17(18)20)21-11-15/h4-6,9-12H,2-3,7-8H2,1H3,(H2,18,20)/t12-/m0/s1. The Kier molecular flexibility index (Phi) is 4.08. The van der Waals surface area contributed by atoms with Crippen molar-refractivity contribution in [3.8, 4) is 11.1 Å². The zero-order valence-corrected chi connectivity index (χ0v) is 13.0. The van der Waals surface area contributed by atoms with Gasteiger partial charge in [-0.25, -0.2) is 0 Å². The molecule has 4 heteroatoms. The maximum absolute atomic E-state index is 11.2. The van der Waals surface area contributed by atoms with Crippen molar-refractivity contribution in [1.82, 2.24) is 4.90 Å². The number of amides is 1. The Morgan fingerprint density at radius 3 is 2.67 bits per heavy atom. The van der Waals surface area contributed by atoms with Crippen LogP contribution in [0.3, 0.4) is 0 Å². The second-order valence-electron chi connectivity index (χ2n) is 5.61. The van der Waals surface area contributed by atoms with Crippen molar-refractivity contribution in [3.63, 3.8) is 0 Å². The molecule has 2 heterocycles. The molecule has 1 saturated heterocycles. The van der Waals surface area contributed by atoms with Crippen LogP contribution in [-0.2, 0) is 0 Å². The molecule has 1 atom stereocenters. The summed E-state index contributed by atoms with van der Waals surface area (Å²) in [6.45, 7) is 4.65. The van der Waals surface area contributed by atoms with Crippen molar-refractivity contribution in [1.29, 1.82) is 0 Å². The van der Waals surface area contributed by atoms with Gasteiger partial charge in [0.25, 0.3) is 5.91 Å². The SMILES string of the molecule is C[C@@H](c1cccc(-c2csc(C(N)=O)c2)c1)N1CCCC1. The Morgan fingerprint density at radius 2 is 2.00 bits per heavy atom. The molecule has 0 saturated carbocycles. The molecule has 21 heavy (non-hydrogen) atoms. The molecule has 1 fully saturated rings. The van der Waals surface area contributed by atoms with E-state index >= 15 is 0 Å². The smallest absolute Gasteiger partial charge is 0.258 e. The fourth-order valence-corrected chi connectivity index (χ4v) is 3.70. The Morgan fingerprint density at radius 1 is 1.24 bits per heavy atom. The summed E-state index contributed by atoms with van der Waals surface area (Å²) in [5.74, 6) is -0.354. The first-order valence-corrected chi connectivity index (χ1v) is 8.26. The lowest BCUT2D eigenvalue weighted by atomic mass is 10.0. The van der Waals surface area contributed by atoms with E-state index in [0.717, 1.165) is 11.1 Å². The summed E-state index contributed by atoms with van der Waals surface area (Å²) in [6.07, 6.45) is 2.60. The fourth-order valence-electron chi connectivity index (χ4n) is 2.93. The molecule has 1 aromatic carbocycles. The van der Waals surface area contributed by atoms with Crippen molar-refractivity contribution >= 4 is 17.2 Å². The van der Waals surface area contributed by atoms with Crippen LogP contribution >= 0.6 is 11.3 Å². The van der Waals surface area contributed by atoms with E-state index in [0.29, 0.717) is 10.9 Å². The van der Waals surface area contributed by atoms with Crippen LogP contribution in [0.1, 0.15) is 41.0 Å². The van der Waals surface area contributed by atoms with Gasteiger partial charge >= 0.3 is 0 Å². The van der Waals surface area contributed by atoms with Crippen molar-refractivity contribution in [2.24, 2.45) is 5.73 Å². The number of carbonyl (C=O) groups excluding carboxylic acids is 1. The van der Waals surface area contributed by atoms with Gasteiger partial charge in [0.1, 0.15) is 0 Å². The van der Waals surface area contributed by atoms with Gasteiger partial charge in [-0.2, -0.15) is 0 Å². The number of primary amides is 1. The number of nitrogens with zero attached hydrogens (tertiary/aromatic N) is 1. The molecule has 110 valence electrons. The van der Waals surface area contributed by atoms with Gasteiger partial charge in [0, 0.05) is 6.04 Å². The third-order valence-electron chi connectivity index (χ3n) is 4.23. The highest BCUT2D eigenvalue weighted by Gasteiger charge is 2.19. The molecule has 0 spiro atoms. The molecule has 1 amide bonds. The Bertz CT molecular complexity index is 644. The molecule has 0 radical (unpaired) electrons. The van der Waals surface area contributed by atoms with E-state index in [2.05, 4.69) is 36.1 Å². The molecule has 0 unspecified atom stereocenters. The molecular weight excluding hydrogens is 280 g/mol. The van der Waals surface area contributed by atoms with Crippen LogP contribution in [0.15, 0.2) is 35.7 Å². The van der Waals surface area contributed by atoms with Gasteiger partial charge in [0.05, 0.1) is 4.88 Å². The molecular formula is C17H20N2OS. The van der Waals surface area contributed by atoms with Crippen molar-refractivity contribution in [2.45, 2.75) is 25.8 Å². The number of nitrogens with two attached hydrogens (primary N) is 1. The lowest BCUT2D eigenvalue weighted by Crippen LogP contribution is -2.23. The number of rotatable bonds is 4. The van der Waals surface area contributed by atoms with E-state index in [9.17, 15) is 4.79 Å². The van der Waals surface area contributed by atoms with Gasteiger partial charge in [-0.3, -0.25) is 9.69 Å². The molecule has 3 nitrogen and oxygen atoms in total. The topological polar surface area (TPSA) is 46.3 Å². The van der Waals surface area contributed by atoms with Crippen LogP contribution in [0, 0.1) is 0 Å².